The van der Waals surface area contributed by atoms with Crippen LogP contribution in [0.3, 0.4) is 0 Å². The molecule has 2 aromatic rings. The monoisotopic (exact) mass is 479 g/mol. The topological polar surface area (TPSA) is 106 Å². The molecule has 1 aliphatic rings. The van der Waals surface area contributed by atoms with Gasteiger partial charge in [0.05, 0.1) is 23.7 Å². The summed E-state index contributed by atoms with van der Waals surface area (Å²) in [6, 6.07) is 4.73. The van der Waals surface area contributed by atoms with Crippen molar-refractivity contribution in [2.24, 2.45) is 13.0 Å². The summed E-state index contributed by atoms with van der Waals surface area (Å²) in [5.41, 5.74) is 0.641. The van der Waals surface area contributed by atoms with Crippen LogP contribution in [0.1, 0.15) is 24.2 Å². The molecule has 3 atom stereocenters. The molecule has 0 saturated carbocycles. The lowest BCUT2D eigenvalue weighted by atomic mass is 10.0. The fourth-order valence-electron chi connectivity index (χ4n) is 3.75. The van der Waals surface area contributed by atoms with Crippen molar-refractivity contribution in [1.82, 2.24) is 19.4 Å². The van der Waals surface area contributed by atoms with Gasteiger partial charge in [-0.3, -0.25) is 14.4 Å². The molecule has 0 fully saturated rings. The minimum absolute atomic E-state index is 0.0685. The summed E-state index contributed by atoms with van der Waals surface area (Å²) in [7, 11) is 3.22. The highest BCUT2D eigenvalue weighted by Gasteiger charge is 2.27. The third-order valence-corrected chi connectivity index (χ3v) is 7.23. The van der Waals surface area contributed by atoms with E-state index in [9.17, 15) is 13.2 Å². The number of aromatic nitrogens is 2. The quantitative estimate of drug-likeness (QED) is 0.711. The predicted octanol–water partition coefficient (Wildman–Crippen LogP) is 1.66. The Kier molecular flexibility index (Phi) is 7.65. The number of fused-ring (bicyclic) bond motifs is 1. The fraction of sp³-hybridized carbons (Fsp3) is 0.545. The molecule has 0 bridgehead atoms. The zero-order chi connectivity index (χ0) is 24.3. The van der Waals surface area contributed by atoms with Gasteiger partial charge in [-0.05, 0) is 32.0 Å². The molecule has 11 heteroatoms. The molecular formula is C22H33N5O5S. The van der Waals surface area contributed by atoms with E-state index in [2.05, 4.69) is 21.5 Å². The average Bonchev–Trinajstić information content (AvgIpc) is 3.21. The van der Waals surface area contributed by atoms with E-state index >= 15 is 0 Å². The highest BCUT2D eigenvalue weighted by molar-refractivity contribution is 7.92. The summed E-state index contributed by atoms with van der Waals surface area (Å²) in [5, 5.41) is -0.0931. The van der Waals surface area contributed by atoms with Gasteiger partial charge in [0.25, 0.3) is 15.9 Å². The average molecular weight is 480 g/mol. The summed E-state index contributed by atoms with van der Waals surface area (Å²) in [6.07, 6.45) is 2.70. The van der Waals surface area contributed by atoms with E-state index in [0.29, 0.717) is 24.5 Å². The molecule has 182 valence electrons. The van der Waals surface area contributed by atoms with Gasteiger partial charge in [0.2, 0.25) is 0 Å². The van der Waals surface area contributed by atoms with Crippen LogP contribution in [0.5, 0.6) is 5.75 Å². The molecule has 1 aromatic carbocycles. The van der Waals surface area contributed by atoms with Crippen molar-refractivity contribution in [1.29, 1.82) is 0 Å². The van der Waals surface area contributed by atoms with Crippen LogP contribution in [0.25, 0.3) is 0 Å². The van der Waals surface area contributed by atoms with E-state index in [1.54, 1.807) is 42.8 Å². The first-order valence-corrected chi connectivity index (χ1v) is 12.3. The van der Waals surface area contributed by atoms with E-state index < -0.39 is 10.0 Å². The smallest absolute Gasteiger partial charge is 0.280 e. The van der Waals surface area contributed by atoms with Crippen LogP contribution in [0, 0.1) is 5.92 Å². The normalized spacial score (nSPS) is 23.3. The molecule has 33 heavy (non-hydrogen) atoms. The number of imidazole rings is 1. The minimum atomic E-state index is -3.88. The minimum Gasteiger partial charge on any atom is -0.491 e. The number of hydrogen-bond donors (Lipinski definition) is 1. The van der Waals surface area contributed by atoms with Crippen LogP contribution < -0.4 is 9.46 Å². The van der Waals surface area contributed by atoms with Crippen LogP contribution in [-0.2, 0) is 21.8 Å². The molecule has 1 amide bonds. The molecule has 0 spiro atoms. The van der Waals surface area contributed by atoms with Crippen LogP contribution in [0.2, 0.25) is 0 Å². The fourth-order valence-corrected chi connectivity index (χ4v) is 4.78. The highest BCUT2D eigenvalue weighted by atomic mass is 32.2. The number of rotatable bonds is 4. The molecule has 3 rings (SSSR count). The molecule has 2 heterocycles. The Morgan fingerprint density at radius 2 is 1.91 bits per heavy atom. The third-order valence-electron chi connectivity index (χ3n) is 5.97. The van der Waals surface area contributed by atoms with Crippen molar-refractivity contribution >= 4 is 21.6 Å². The van der Waals surface area contributed by atoms with E-state index in [1.807, 2.05) is 14.0 Å². The van der Waals surface area contributed by atoms with E-state index in [-0.39, 0.29) is 34.7 Å². The maximum absolute atomic E-state index is 13.2. The Bertz CT molecular complexity index is 1090. The highest BCUT2D eigenvalue weighted by Crippen LogP contribution is 2.27. The summed E-state index contributed by atoms with van der Waals surface area (Å²) in [5.74, 6) is 0.302. The Morgan fingerprint density at radius 3 is 2.55 bits per heavy atom. The second kappa shape index (κ2) is 10.1. The SMILES string of the molecule is CO[C@@H]1CN(C)C(=O)c2ccc(NS(=O)(=O)c3cn(C)cn3)cc2OC[C@H](C)N(C)C[C@@H]1C. The van der Waals surface area contributed by atoms with Crippen molar-refractivity contribution in [2.45, 2.75) is 31.0 Å². The third kappa shape index (κ3) is 5.84. The van der Waals surface area contributed by atoms with Crippen LogP contribution in [0.15, 0.2) is 35.7 Å². The lowest BCUT2D eigenvalue weighted by Gasteiger charge is -2.34. The second-order valence-electron chi connectivity index (χ2n) is 8.73. The number of aryl methyl sites for hydroxylation is 1. The van der Waals surface area contributed by atoms with E-state index in [4.69, 9.17) is 9.47 Å². The van der Waals surface area contributed by atoms with Gasteiger partial charge in [-0.25, -0.2) is 4.98 Å². The largest absolute Gasteiger partial charge is 0.491 e. The molecule has 0 saturated heterocycles. The number of likely N-dealkylation sites (N-methyl/N-ethyl adjacent to an activating group) is 2. The summed E-state index contributed by atoms with van der Waals surface area (Å²) < 4.78 is 41.1. The van der Waals surface area contributed by atoms with Gasteiger partial charge in [-0.1, -0.05) is 6.92 Å². The first kappa shape index (κ1) is 25.0. The van der Waals surface area contributed by atoms with Gasteiger partial charge >= 0.3 is 0 Å². The zero-order valence-electron chi connectivity index (χ0n) is 20.0. The Labute approximate surface area is 195 Å². The number of nitrogens with zero attached hydrogens (tertiary/aromatic N) is 4. The van der Waals surface area contributed by atoms with Gasteiger partial charge in [-0.2, -0.15) is 8.42 Å². The maximum atomic E-state index is 13.2. The number of benzene rings is 1. The first-order chi connectivity index (χ1) is 15.5. The van der Waals surface area contributed by atoms with Gasteiger partial charge < -0.3 is 18.9 Å². The van der Waals surface area contributed by atoms with E-state index in [1.165, 1.54) is 18.6 Å². The number of amides is 1. The van der Waals surface area contributed by atoms with Crippen LogP contribution in [-0.4, -0.2) is 86.7 Å². The molecule has 1 aliphatic heterocycles. The molecule has 1 aromatic heterocycles. The number of carbonyl (C=O) groups excluding carboxylic acids is 1. The molecule has 1 N–H and O–H groups in total. The summed E-state index contributed by atoms with van der Waals surface area (Å²) >= 11 is 0. The number of ether oxygens (including phenoxy) is 2. The number of hydrogen-bond acceptors (Lipinski definition) is 7. The molecule has 0 unspecified atom stereocenters. The Morgan fingerprint density at radius 1 is 1.18 bits per heavy atom. The van der Waals surface area contributed by atoms with Crippen molar-refractivity contribution in [2.75, 3.05) is 45.6 Å². The molecular weight excluding hydrogens is 446 g/mol. The van der Waals surface area contributed by atoms with Gasteiger partial charge in [-0.15, -0.1) is 0 Å². The Hall–Kier alpha value is -2.63. The predicted molar refractivity (Wildman–Crippen MR) is 125 cm³/mol. The lowest BCUT2D eigenvalue weighted by Crippen LogP contribution is -2.45. The first-order valence-electron chi connectivity index (χ1n) is 10.8. The van der Waals surface area contributed by atoms with Crippen molar-refractivity contribution in [3.63, 3.8) is 0 Å². The van der Waals surface area contributed by atoms with Crippen LogP contribution in [0.4, 0.5) is 5.69 Å². The standard InChI is InChI=1S/C22H33N5O5S/c1-15-10-26(4)16(2)13-32-19-9-17(24-33(29,30)21-12-25(3)14-23-21)7-8-18(19)22(28)27(5)11-20(15)31-6/h7-9,12,14-16,20,24H,10-11,13H2,1-6H3/t15-,16-,20+/m0/s1. The second-order valence-corrected chi connectivity index (χ2v) is 10.4. The van der Waals surface area contributed by atoms with Gasteiger partial charge in [0.15, 0.2) is 5.03 Å². The van der Waals surface area contributed by atoms with Crippen molar-refractivity contribution in [3.05, 3.63) is 36.3 Å². The lowest BCUT2D eigenvalue weighted by molar-refractivity contribution is 0.0150. The maximum Gasteiger partial charge on any atom is 0.280 e. The zero-order valence-corrected chi connectivity index (χ0v) is 20.8. The Balaban J connectivity index is 1.94. The van der Waals surface area contributed by atoms with E-state index in [0.717, 1.165) is 6.54 Å². The number of nitrogens with one attached hydrogen (secondary N) is 1. The number of sulfonamides is 1. The number of anilines is 1. The molecule has 0 aliphatic carbocycles. The van der Waals surface area contributed by atoms with Gasteiger partial charge in [0.1, 0.15) is 12.4 Å². The summed E-state index contributed by atoms with van der Waals surface area (Å²) in [4.78, 5) is 20.9. The number of carbonyl (C=O) groups is 1. The summed E-state index contributed by atoms with van der Waals surface area (Å²) in [6.45, 7) is 5.69. The molecule has 10 nitrogen and oxygen atoms in total. The van der Waals surface area contributed by atoms with Gasteiger partial charge in [0, 0.05) is 52.6 Å². The van der Waals surface area contributed by atoms with Crippen LogP contribution >= 0.6 is 0 Å². The number of methoxy groups -OCH3 is 1. The molecule has 0 radical (unpaired) electrons. The van der Waals surface area contributed by atoms with Crippen molar-refractivity contribution < 1.29 is 22.7 Å². The van der Waals surface area contributed by atoms with Crippen molar-refractivity contribution in [3.8, 4) is 5.75 Å².